The van der Waals surface area contributed by atoms with Crippen LogP contribution in [0, 0.1) is 5.41 Å². The highest BCUT2D eigenvalue weighted by molar-refractivity contribution is 5.35. The minimum absolute atomic E-state index is 0.0940. The Kier molecular flexibility index (Phi) is 5.63. The fourth-order valence-corrected chi connectivity index (χ4v) is 1.72. The normalized spacial score (nSPS) is 13.4. The zero-order valence-electron chi connectivity index (χ0n) is 11.9. The first kappa shape index (κ1) is 15.0. The molecule has 2 N–H and O–H groups in total. The molecule has 1 atom stereocenters. The van der Waals surface area contributed by atoms with E-state index in [-0.39, 0.29) is 11.5 Å². The van der Waals surface area contributed by atoms with Crippen molar-refractivity contribution in [3.63, 3.8) is 0 Å². The van der Waals surface area contributed by atoms with Gasteiger partial charge in [0.1, 0.15) is 5.75 Å². The Bertz CT molecular complexity index is 358. The lowest BCUT2D eigenvalue weighted by molar-refractivity contribution is 0.0408. The molecule has 1 unspecified atom stereocenters. The second kappa shape index (κ2) is 6.76. The number of benzene rings is 1. The van der Waals surface area contributed by atoms with E-state index in [4.69, 9.17) is 15.2 Å². The molecule has 1 aromatic carbocycles. The molecule has 0 radical (unpaired) electrons. The minimum atomic E-state index is -0.0940. The monoisotopic (exact) mass is 251 g/mol. The molecule has 18 heavy (non-hydrogen) atoms. The minimum Gasteiger partial charge on any atom is -0.496 e. The van der Waals surface area contributed by atoms with Gasteiger partial charge in [0, 0.05) is 18.7 Å². The average molecular weight is 251 g/mol. The summed E-state index contributed by atoms with van der Waals surface area (Å²) in [7, 11) is 1.67. The summed E-state index contributed by atoms with van der Waals surface area (Å²) in [6, 6.07) is 7.87. The van der Waals surface area contributed by atoms with Crippen molar-refractivity contribution in [2.45, 2.75) is 33.3 Å². The van der Waals surface area contributed by atoms with Crippen molar-refractivity contribution in [2.24, 2.45) is 11.1 Å². The Morgan fingerprint density at radius 3 is 2.44 bits per heavy atom. The molecule has 0 spiro atoms. The summed E-state index contributed by atoms with van der Waals surface area (Å²) in [6.07, 6.45) is 0.919. The number of hydrogen-bond acceptors (Lipinski definition) is 3. The van der Waals surface area contributed by atoms with E-state index in [9.17, 15) is 0 Å². The maximum atomic E-state index is 5.89. The highest BCUT2D eigenvalue weighted by Crippen LogP contribution is 2.28. The van der Waals surface area contributed by atoms with Crippen LogP contribution in [0.3, 0.4) is 0 Å². The van der Waals surface area contributed by atoms with Gasteiger partial charge in [-0.1, -0.05) is 39.0 Å². The highest BCUT2D eigenvalue weighted by atomic mass is 16.5. The van der Waals surface area contributed by atoms with E-state index in [1.807, 2.05) is 24.3 Å². The van der Waals surface area contributed by atoms with Crippen molar-refractivity contribution in [3.8, 4) is 5.75 Å². The second-order valence-corrected chi connectivity index (χ2v) is 5.65. The van der Waals surface area contributed by atoms with Crippen molar-refractivity contribution < 1.29 is 9.47 Å². The molecule has 0 saturated carbocycles. The molecule has 0 aliphatic rings. The van der Waals surface area contributed by atoms with E-state index in [1.54, 1.807) is 7.11 Å². The first-order chi connectivity index (χ1) is 8.48. The summed E-state index contributed by atoms with van der Waals surface area (Å²) in [5.41, 5.74) is 7.10. The van der Waals surface area contributed by atoms with Gasteiger partial charge in [-0.05, 0) is 17.9 Å². The van der Waals surface area contributed by atoms with Gasteiger partial charge >= 0.3 is 0 Å². The fourth-order valence-electron chi connectivity index (χ4n) is 1.72. The number of rotatable bonds is 6. The van der Waals surface area contributed by atoms with Gasteiger partial charge < -0.3 is 15.2 Å². The summed E-state index contributed by atoms with van der Waals surface area (Å²) in [5, 5.41) is 0. The lowest BCUT2D eigenvalue weighted by atomic mass is 9.93. The molecule has 1 rings (SSSR count). The number of para-hydroxylation sites is 1. The third-order valence-electron chi connectivity index (χ3n) is 2.87. The van der Waals surface area contributed by atoms with Gasteiger partial charge in [-0.15, -0.1) is 0 Å². The van der Waals surface area contributed by atoms with Crippen molar-refractivity contribution in [3.05, 3.63) is 29.8 Å². The highest BCUT2D eigenvalue weighted by Gasteiger charge is 2.16. The zero-order chi connectivity index (χ0) is 13.6. The van der Waals surface area contributed by atoms with Gasteiger partial charge in [-0.3, -0.25) is 0 Å². The lowest BCUT2D eigenvalue weighted by Gasteiger charge is -2.22. The molecule has 0 saturated heterocycles. The van der Waals surface area contributed by atoms with Gasteiger partial charge in [0.05, 0.1) is 13.2 Å². The third kappa shape index (κ3) is 4.67. The van der Waals surface area contributed by atoms with Crippen molar-refractivity contribution in [1.82, 2.24) is 0 Å². The Morgan fingerprint density at radius 2 is 1.89 bits per heavy atom. The molecule has 0 amide bonds. The van der Waals surface area contributed by atoms with Crippen LogP contribution in [0.4, 0.5) is 0 Å². The topological polar surface area (TPSA) is 44.5 Å². The first-order valence-electron chi connectivity index (χ1n) is 6.42. The Morgan fingerprint density at radius 1 is 1.22 bits per heavy atom. The van der Waals surface area contributed by atoms with Gasteiger partial charge in [0.25, 0.3) is 0 Å². The van der Waals surface area contributed by atoms with E-state index < -0.39 is 0 Å². The van der Waals surface area contributed by atoms with E-state index in [2.05, 4.69) is 20.8 Å². The molecule has 3 heteroatoms. The maximum absolute atomic E-state index is 5.89. The van der Waals surface area contributed by atoms with Gasteiger partial charge in [-0.25, -0.2) is 0 Å². The van der Waals surface area contributed by atoms with Crippen LogP contribution < -0.4 is 10.5 Å². The molecule has 0 aliphatic heterocycles. The zero-order valence-corrected chi connectivity index (χ0v) is 11.9. The first-order valence-corrected chi connectivity index (χ1v) is 6.42. The number of hydrogen-bond donors (Lipinski definition) is 1. The van der Waals surface area contributed by atoms with E-state index >= 15 is 0 Å². The third-order valence-corrected chi connectivity index (χ3v) is 2.87. The van der Waals surface area contributed by atoms with Crippen molar-refractivity contribution in [1.29, 1.82) is 0 Å². The van der Waals surface area contributed by atoms with Crippen LogP contribution in [-0.4, -0.2) is 20.3 Å². The Hall–Kier alpha value is -1.06. The maximum Gasteiger partial charge on any atom is 0.124 e. The lowest BCUT2D eigenvalue weighted by Crippen LogP contribution is -2.19. The summed E-state index contributed by atoms with van der Waals surface area (Å²) in [4.78, 5) is 0. The van der Waals surface area contributed by atoms with Crippen LogP contribution in [0.25, 0.3) is 0 Å². The molecular weight excluding hydrogens is 226 g/mol. The molecule has 1 aromatic rings. The molecular formula is C15H25NO2. The van der Waals surface area contributed by atoms with E-state index in [1.165, 1.54) is 0 Å². The smallest absolute Gasteiger partial charge is 0.124 e. The average Bonchev–Trinajstić information content (AvgIpc) is 2.33. The van der Waals surface area contributed by atoms with Crippen LogP contribution in [-0.2, 0) is 4.74 Å². The SMILES string of the molecule is COc1ccccc1C(CN)OCCC(C)(C)C. The predicted octanol–water partition coefficient (Wildman–Crippen LogP) is 3.15. The van der Waals surface area contributed by atoms with Crippen LogP contribution in [0.1, 0.15) is 38.9 Å². The van der Waals surface area contributed by atoms with Crippen LogP contribution in [0.15, 0.2) is 24.3 Å². The molecule has 0 bridgehead atoms. The number of methoxy groups -OCH3 is 1. The molecule has 0 fully saturated rings. The second-order valence-electron chi connectivity index (χ2n) is 5.65. The molecule has 0 aromatic heterocycles. The van der Waals surface area contributed by atoms with Gasteiger partial charge in [0.2, 0.25) is 0 Å². The van der Waals surface area contributed by atoms with Gasteiger partial charge in [0.15, 0.2) is 0 Å². The Balaban J connectivity index is 2.65. The van der Waals surface area contributed by atoms with Crippen molar-refractivity contribution in [2.75, 3.05) is 20.3 Å². The largest absolute Gasteiger partial charge is 0.496 e. The predicted molar refractivity (Wildman–Crippen MR) is 74.8 cm³/mol. The summed E-state index contributed by atoms with van der Waals surface area (Å²) >= 11 is 0. The Labute approximate surface area is 110 Å². The number of nitrogens with two attached hydrogens (primary N) is 1. The van der Waals surface area contributed by atoms with Crippen LogP contribution in [0.2, 0.25) is 0 Å². The standard InChI is InChI=1S/C15H25NO2/c1-15(2,3)9-10-18-14(11-16)12-7-5-6-8-13(12)17-4/h5-8,14H,9-11,16H2,1-4H3. The van der Waals surface area contributed by atoms with Crippen LogP contribution in [0.5, 0.6) is 5.75 Å². The molecule has 3 nitrogen and oxygen atoms in total. The molecule has 0 aliphatic carbocycles. The van der Waals surface area contributed by atoms with E-state index in [0.717, 1.165) is 17.7 Å². The fraction of sp³-hybridized carbons (Fsp3) is 0.600. The van der Waals surface area contributed by atoms with Crippen LogP contribution >= 0.6 is 0 Å². The molecule has 102 valence electrons. The summed E-state index contributed by atoms with van der Waals surface area (Å²) < 4.78 is 11.2. The van der Waals surface area contributed by atoms with E-state index in [0.29, 0.717) is 13.2 Å². The van der Waals surface area contributed by atoms with Gasteiger partial charge in [-0.2, -0.15) is 0 Å². The van der Waals surface area contributed by atoms with Crippen molar-refractivity contribution >= 4 is 0 Å². The molecule has 0 heterocycles. The quantitative estimate of drug-likeness (QED) is 0.844. The summed E-state index contributed by atoms with van der Waals surface area (Å²) in [6.45, 7) is 7.79. The summed E-state index contributed by atoms with van der Waals surface area (Å²) in [5.74, 6) is 0.837. The number of ether oxygens (including phenoxy) is 2.